The molecule has 76 valence electrons. The zero-order valence-electron chi connectivity index (χ0n) is 9.29. The molecule has 0 aromatic heterocycles. The standard InChI is InChI=1S/C10H18O3/c1-7-8-4-3-5-10(13-7,6-12-2)9(8)11/h7-9,11H,3-6H2,1-2H3/t7?,8-,9?,10?/m0/s1/i11T. The molecule has 4 atom stereocenters. The number of hydrogen-bond donors (Lipinski definition) is 1. The minimum atomic E-state index is -0.348. The van der Waals surface area contributed by atoms with Crippen molar-refractivity contribution in [2.75, 3.05) is 13.7 Å². The Morgan fingerprint density at radius 1 is 1.77 bits per heavy atom. The van der Waals surface area contributed by atoms with Gasteiger partial charge in [0.05, 0.1) is 18.8 Å². The van der Waals surface area contributed by atoms with Crippen LogP contribution >= 0.6 is 0 Å². The fourth-order valence-corrected chi connectivity index (χ4v) is 2.82. The molecule has 1 heterocycles. The van der Waals surface area contributed by atoms with E-state index in [0.717, 1.165) is 19.3 Å². The first-order valence-corrected chi connectivity index (χ1v) is 5.02. The number of ether oxygens (including phenoxy) is 2. The molecule has 0 radical (unpaired) electrons. The van der Waals surface area contributed by atoms with E-state index in [1.165, 1.54) is 0 Å². The SMILES string of the molecule is [3H]OC1[C@H]2CCCC1(COC)OC2C. The molecule has 1 saturated carbocycles. The van der Waals surface area contributed by atoms with Crippen molar-refractivity contribution in [1.82, 2.24) is 0 Å². The average Bonchev–Trinajstić information content (AvgIpc) is 2.30. The maximum atomic E-state index is 7.16. The Bertz CT molecular complexity index is 208. The predicted octanol–water partition coefficient (Wildman–Crippen LogP) is 0.951. The van der Waals surface area contributed by atoms with Crippen LogP contribution in [0.15, 0.2) is 0 Å². The molecule has 13 heavy (non-hydrogen) atoms. The Balaban J connectivity index is 2.20. The molecule has 1 aliphatic heterocycles. The summed E-state index contributed by atoms with van der Waals surface area (Å²) >= 11 is 0. The van der Waals surface area contributed by atoms with Crippen molar-refractivity contribution in [3.63, 3.8) is 0 Å². The number of fused-ring (bicyclic) bond motifs is 2. The molecule has 0 amide bonds. The Morgan fingerprint density at radius 3 is 3.31 bits per heavy atom. The average molecular weight is 188 g/mol. The van der Waals surface area contributed by atoms with Crippen molar-refractivity contribution in [2.45, 2.75) is 44.0 Å². The van der Waals surface area contributed by atoms with Gasteiger partial charge in [-0.05, 0) is 26.2 Å². The van der Waals surface area contributed by atoms with Crippen LogP contribution in [0.25, 0.3) is 0 Å². The molecule has 2 aliphatic rings. The van der Waals surface area contributed by atoms with Crippen LogP contribution in [-0.2, 0) is 9.47 Å². The van der Waals surface area contributed by atoms with Gasteiger partial charge in [0.25, 0.3) is 0 Å². The number of hydrogen-bond acceptors (Lipinski definition) is 3. The fraction of sp³-hybridized carbons (Fsp3) is 1.00. The van der Waals surface area contributed by atoms with Crippen LogP contribution in [0.5, 0.6) is 0 Å². The molecule has 3 heteroatoms. The summed E-state index contributed by atoms with van der Waals surface area (Å²) in [5, 5.41) is 4.85. The molecular weight excluding hydrogens is 168 g/mol. The van der Waals surface area contributed by atoms with Crippen molar-refractivity contribution < 1.29 is 14.6 Å². The summed E-state index contributed by atoms with van der Waals surface area (Å²) in [7, 11) is 1.67. The highest BCUT2D eigenvalue weighted by Crippen LogP contribution is 2.45. The topological polar surface area (TPSA) is 38.7 Å². The molecule has 3 unspecified atom stereocenters. The van der Waals surface area contributed by atoms with Gasteiger partial charge < -0.3 is 14.6 Å². The van der Waals surface area contributed by atoms with Crippen LogP contribution in [-0.4, -0.2) is 38.1 Å². The van der Waals surface area contributed by atoms with E-state index in [9.17, 15) is 0 Å². The number of rotatable bonds is 3. The lowest BCUT2D eigenvalue weighted by molar-refractivity contribution is -0.124. The van der Waals surface area contributed by atoms with E-state index in [1.54, 1.807) is 7.11 Å². The highest BCUT2D eigenvalue weighted by atomic mass is 16.6. The van der Waals surface area contributed by atoms with Gasteiger partial charge in [-0.15, -0.1) is 0 Å². The van der Waals surface area contributed by atoms with E-state index in [0.29, 0.717) is 12.5 Å². The maximum absolute atomic E-state index is 7.16. The lowest BCUT2D eigenvalue weighted by atomic mass is 9.77. The van der Waals surface area contributed by atoms with Gasteiger partial charge in [-0.3, -0.25) is 0 Å². The van der Waals surface area contributed by atoms with Crippen LogP contribution in [0, 0.1) is 5.92 Å². The summed E-state index contributed by atoms with van der Waals surface area (Å²) in [5.41, 5.74) is -0.348. The second kappa shape index (κ2) is 3.23. The quantitative estimate of drug-likeness (QED) is 0.716. The van der Waals surface area contributed by atoms with Crippen LogP contribution < -0.4 is 0 Å². The Hall–Kier alpha value is -0.120. The van der Waals surface area contributed by atoms with E-state index >= 15 is 0 Å². The van der Waals surface area contributed by atoms with Gasteiger partial charge in [0.1, 0.15) is 5.60 Å². The predicted molar refractivity (Wildman–Crippen MR) is 48.5 cm³/mol. The van der Waals surface area contributed by atoms with Gasteiger partial charge in [-0.25, -0.2) is 0 Å². The number of methoxy groups -OCH3 is 1. The molecule has 2 fully saturated rings. The highest BCUT2D eigenvalue weighted by Gasteiger charge is 2.54. The monoisotopic (exact) mass is 188 g/mol. The maximum Gasteiger partial charge on any atom is 0.211 e. The Morgan fingerprint density at radius 2 is 2.62 bits per heavy atom. The lowest BCUT2D eigenvalue weighted by Crippen LogP contribution is -2.47. The van der Waals surface area contributed by atoms with Crippen molar-refractivity contribution in [3.05, 3.63) is 0 Å². The largest absolute Gasteiger partial charge is 0.390 e. The summed E-state index contributed by atoms with van der Waals surface area (Å²) < 4.78 is 18.3. The van der Waals surface area contributed by atoms with Crippen molar-refractivity contribution in [3.8, 4) is 0 Å². The van der Waals surface area contributed by atoms with Gasteiger partial charge in [0.15, 0.2) is 0 Å². The highest BCUT2D eigenvalue weighted by molar-refractivity contribution is 5.03. The van der Waals surface area contributed by atoms with E-state index in [1.807, 2.05) is 0 Å². The van der Waals surface area contributed by atoms with Gasteiger partial charge >= 0.3 is 0 Å². The summed E-state index contributed by atoms with van der Waals surface area (Å²) in [5.74, 6) is 0.372. The van der Waals surface area contributed by atoms with Crippen LogP contribution in [0.1, 0.15) is 26.2 Å². The van der Waals surface area contributed by atoms with E-state index in [4.69, 9.17) is 16.0 Å². The molecule has 2 rings (SSSR count). The first kappa shape index (κ1) is 8.21. The van der Waals surface area contributed by atoms with Crippen molar-refractivity contribution in [1.29, 1.82) is 1.43 Å². The minimum absolute atomic E-state index is 0.105. The third-order valence-corrected chi connectivity index (χ3v) is 3.46. The van der Waals surface area contributed by atoms with Gasteiger partial charge in [0.2, 0.25) is 1.43 Å². The molecule has 2 bridgehead atoms. The van der Waals surface area contributed by atoms with Crippen molar-refractivity contribution >= 4 is 0 Å². The van der Waals surface area contributed by atoms with Gasteiger partial charge in [-0.1, -0.05) is 0 Å². The summed E-state index contributed by atoms with van der Waals surface area (Å²) in [6.45, 7) is 2.61. The smallest absolute Gasteiger partial charge is 0.211 e. The normalized spacial score (nSPS) is 50.6. The molecule has 3 nitrogen and oxygen atoms in total. The van der Waals surface area contributed by atoms with Crippen LogP contribution in [0.3, 0.4) is 0 Å². The first-order valence-electron chi connectivity index (χ1n) is 5.43. The van der Waals surface area contributed by atoms with E-state index in [2.05, 4.69) is 6.92 Å². The lowest BCUT2D eigenvalue weighted by Gasteiger charge is -2.35. The Labute approximate surface area is 80.5 Å². The zero-order valence-corrected chi connectivity index (χ0v) is 8.29. The third kappa shape index (κ3) is 1.30. The number of aliphatic hydroxyl groups excluding tert-OH is 1. The molecule has 0 spiro atoms. The van der Waals surface area contributed by atoms with Crippen LogP contribution in [0.2, 0.25) is 0 Å². The van der Waals surface area contributed by atoms with Gasteiger partial charge in [-0.2, -0.15) is 0 Å². The second-order valence-electron chi connectivity index (χ2n) is 4.30. The summed E-state index contributed by atoms with van der Waals surface area (Å²) in [6.07, 6.45) is 3.30. The minimum Gasteiger partial charge on any atom is -0.390 e. The molecule has 1 aliphatic carbocycles. The molecule has 1 N–H and O–H groups in total. The summed E-state index contributed by atoms with van der Waals surface area (Å²) in [4.78, 5) is 0. The summed E-state index contributed by atoms with van der Waals surface area (Å²) in [6, 6.07) is 0. The zero-order chi connectivity index (χ0) is 10.2. The van der Waals surface area contributed by atoms with E-state index < -0.39 is 0 Å². The number of aliphatic hydroxyl groups is 1. The third-order valence-electron chi connectivity index (χ3n) is 3.46. The Kier molecular flexibility index (Phi) is 2.04. The fourth-order valence-electron chi connectivity index (χ4n) is 2.82. The molecule has 0 aromatic carbocycles. The molecular formula is C10H18O3. The molecule has 1 saturated heterocycles. The van der Waals surface area contributed by atoms with Crippen LogP contribution in [0.4, 0.5) is 0 Å². The second-order valence-corrected chi connectivity index (χ2v) is 4.30. The molecule has 0 aromatic rings. The van der Waals surface area contributed by atoms with E-state index in [-0.39, 0.29) is 17.8 Å². The van der Waals surface area contributed by atoms with Crippen molar-refractivity contribution in [2.24, 2.45) is 5.92 Å². The van der Waals surface area contributed by atoms with Gasteiger partial charge in [0, 0.05) is 13.0 Å². The first-order chi connectivity index (χ1) is 6.73.